The van der Waals surface area contributed by atoms with Crippen LogP contribution in [0.3, 0.4) is 0 Å². The number of rotatable bonds is 3. The molecule has 80 valence electrons. The van der Waals surface area contributed by atoms with E-state index in [2.05, 4.69) is 6.92 Å². The maximum Gasteiger partial charge on any atom is 0.364 e. The largest absolute Gasteiger partial charge is 0.476 e. The lowest BCUT2D eigenvalue weighted by Crippen LogP contribution is -1.93. The van der Waals surface area contributed by atoms with E-state index in [1.54, 1.807) is 12.1 Å². The van der Waals surface area contributed by atoms with Gasteiger partial charge in [0.15, 0.2) is 0 Å². The molecule has 0 amide bonds. The molecule has 1 aliphatic carbocycles. The van der Waals surface area contributed by atoms with Gasteiger partial charge in [-0.3, -0.25) is 0 Å². The average molecular weight is 210 g/mol. The molecule has 1 saturated carbocycles. The van der Waals surface area contributed by atoms with Crippen LogP contribution < -0.4 is 0 Å². The molecule has 1 fully saturated rings. The Morgan fingerprint density at radius 1 is 1.67 bits per heavy atom. The molecular formula is C11H11FO3. The number of carboxylic acids is 1. The normalized spacial score (nSPS) is 25.3. The molecule has 1 aromatic heterocycles. The molecule has 0 radical (unpaired) electrons. The van der Waals surface area contributed by atoms with Crippen LogP contribution in [0, 0.1) is 5.92 Å². The van der Waals surface area contributed by atoms with Crippen LogP contribution in [-0.4, -0.2) is 11.1 Å². The van der Waals surface area contributed by atoms with Gasteiger partial charge in [0.05, 0.1) is 0 Å². The van der Waals surface area contributed by atoms with Gasteiger partial charge < -0.3 is 9.52 Å². The van der Waals surface area contributed by atoms with Crippen LogP contribution in [0.2, 0.25) is 0 Å². The summed E-state index contributed by atoms with van der Waals surface area (Å²) in [6.45, 7) is 2.11. The number of halogens is 1. The summed E-state index contributed by atoms with van der Waals surface area (Å²) in [4.78, 5) is 10.2. The lowest BCUT2D eigenvalue weighted by Gasteiger charge is -1.90. The zero-order valence-corrected chi connectivity index (χ0v) is 8.24. The van der Waals surface area contributed by atoms with Crippen LogP contribution in [0.5, 0.6) is 0 Å². The fourth-order valence-electron chi connectivity index (χ4n) is 1.55. The Bertz CT molecular complexity index is 419. The number of hydrogen-bond donors (Lipinski definition) is 1. The molecule has 15 heavy (non-hydrogen) atoms. The summed E-state index contributed by atoms with van der Waals surface area (Å²) in [6.07, 6.45) is 1.97. The highest BCUT2D eigenvalue weighted by atomic mass is 19.1. The topological polar surface area (TPSA) is 50.4 Å². The van der Waals surface area contributed by atoms with Crippen LogP contribution in [0.1, 0.15) is 30.8 Å². The van der Waals surface area contributed by atoms with Crippen LogP contribution in [0.4, 0.5) is 4.39 Å². The molecule has 3 nitrogen and oxygen atoms in total. The highest BCUT2D eigenvalue weighted by molar-refractivity contribution is 5.89. The second-order valence-corrected chi connectivity index (χ2v) is 3.86. The Balaban J connectivity index is 2.14. The first kappa shape index (κ1) is 9.96. The van der Waals surface area contributed by atoms with Crippen LogP contribution >= 0.6 is 0 Å². The van der Waals surface area contributed by atoms with Gasteiger partial charge in [-0.1, -0.05) is 6.92 Å². The number of aliphatic carboxylic acids is 1. The summed E-state index contributed by atoms with van der Waals surface area (Å²) >= 11 is 0. The van der Waals surface area contributed by atoms with Gasteiger partial charge in [0.25, 0.3) is 0 Å². The molecule has 2 rings (SSSR count). The highest BCUT2D eigenvalue weighted by Gasteiger charge is 2.36. The summed E-state index contributed by atoms with van der Waals surface area (Å²) in [7, 11) is 0. The lowest BCUT2D eigenvalue weighted by atomic mass is 10.3. The van der Waals surface area contributed by atoms with Crippen molar-refractivity contribution < 1.29 is 18.7 Å². The van der Waals surface area contributed by atoms with Crippen molar-refractivity contribution >= 4 is 12.0 Å². The first-order valence-electron chi connectivity index (χ1n) is 4.78. The molecule has 1 aliphatic rings. The molecule has 0 spiro atoms. The van der Waals surface area contributed by atoms with E-state index in [0.717, 1.165) is 18.3 Å². The minimum Gasteiger partial charge on any atom is -0.476 e. The van der Waals surface area contributed by atoms with E-state index in [0.29, 0.717) is 11.8 Å². The maximum absolute atomic E-state index is 12.7. The summed E-state index contributed by atoms with van der Waals surface area (Å²) in [5, 5.41) is 8.33. The van der Waals surface area contributed by atoms with Crippen LogP contribution in [0.25, 0.3) is 6.08 Å². The molecule has 0 saturated heterocycles. The summed E-state index contributed by atoms with van der Waals surface area (Å²) < 4.78 is 18.0. The average Bonchev–Trinajstić information content (AvgIpc) is 2.73. The third kappa shape index (κ3) is 2.09. The minimum absolute atomic E-state index is 0.254. The van der Waals surface area contributed by atoms with Gasteiger partial charge in [0.2, 0.25) is 5.83 Å². The zero-order valence-electron chi connectivity index (χ0n) is 8.24. The first-order valence-corrected chi connectivity index (χ1v) is 4.78. The van der Waals surface area contributed by atoms with Gasteiger partial charge in [-0.2, -0.15) is 4.39 Å². The van der Waals surface area contributed by atoms with E-state index in [-0.39, 0.29) is 5.76 Å². The van der Waals surface area contributed by atoms with E-state index in [1.165, 1.54) is 0 Å². The third-order valence-corrected chi connectivity index (χ3v) is 2.60. The Kier molecular flexibility index (Phi) is 2.34. The Labute approximate surface area is 86.2 Å². The standard InChI is InChI=1S/C11H11FO3/c1-6-4-8(6)10-3-2-7(15-10)5-9(12)11(13)14/h2-3,5-6,8H,4H2,1H3,(H,13,14). The van der Waals surface area contributed by atoms with E-state index in [4.69, 9.17) is 9.52 Å². The molecule has 2 atom stereocenters. The van der Waals surface area contributed by atoms with Crippen molar-refractivity contribution in [2.24, 2.45) is 5.92 Å². The summed E-state index contributed by atoms with van der Waals surface area (Å²) in [6, 6.07) is 3.36. The van der Waals surface area contributed by atoms with Gasteiger partial charge in [0.1, 0.15) is 11.5 Å². The fourth-order valence-corrected chi connectivity index (χ4v) is 1.55. The predicted octanol–water partition coefficient (Wildman–Crippen LogP) is 2.80. The van der Waals surface area contributed by atoms with Gasteiger partial charge in [-0.15, -0.1) is 0 Å². The molecule has 0 aromatic carbocycles. The number of carboxylic acid groups (broad SMARTS) is 1. The van der Waals surface area contributed by atoms with E-state index in [9.17, 15) is 9.18 Å². The van der Waals surface area contributed by atoms with Crippen molar-refractivity contribution in [1.82, 2.24) is 0 Å². The zero-order chi connectivity index (χ0) is 11.0. The summed E-state index contributed by atoms with van der Waals surface area (Å²) in [5.74, 6) is -0.694. The van der Waals surface area contributed by atoms with Gasteiger partial charge in [0, 0.05) is 12.0 Å². The van der Waals surface area contributed by atoms with Crippen LogP contribution in [0.15, 0.2) is 22.4 Å². The minimum atomic E-state index is -1.58. The van der Waals surface area contributed by atoms with Gasteiger partial charge in [-0.25, -0.2) is 4.79 Å². The lowest BCUT2D eigenvalue weighted by molar-refractivity contribution is -0.134. The fraction of sp³-hybridized carbons (Fsp3) is 0.364. The molecular weight excluding hydrogens is 199 g/mol. The molecule has 2 unspecified atom stereocenters. The quantitative estimate of drug-likeness (QED) is 0.780. The SMILES string of the molecule is CC1CC1c1ccc(C=C(F)C(=O)O)o1. The van der Waals surface area contributed by atoms with Gasteiger partial charge >= 0.3 is 5.97 Å². The molecule has 1 heterocycles. The van der Waals surface area contributed by atoms with Crippen molar-refractivity contribution in [1.29, 1.82) is 0 Å². The van der Waals surface area contributed by atoms with Crippen LogP contribution in [-0.2, 0) is 4.79 Å². The van der Waals surface area contributed by atoms with Crippen molar-refractivity contribution in [2.45, 2.75) is 19.3 Å². The second kappa shape index (κ2) is 3.53. The molecule has 1 aromatic rings. The van der Waals surface area contributed by atoms with E-state index in [1.807, 2.05) is 0 Å². The monoisotopic (exact) mass is 210 g/mol. The third-order valence-electron chi connectivity index (χ3n) is 2.60. The van der Waals surface area contributed by atoms with Crippen molar-refractivity contribution in [3.63, 3.8) is 0 Å². The Morgan fingerprint density at radius 2 is 2.33 bits per heavy atom. The summed E-state index contributed by atoms with van der Waals surface area (Å²) in [5.41, 5.74) is 0. The Hall–Kier alpha value is -1.58. The van der Waals surface area contributed by atoms with Crippen molar-refractivity contribution in [3.05, 3.63) is 29.5 Å². The Morgan fingerprint density at radius 3 is 2.87 bits per heavy atom. The molecule has 1 N–H and O–H groups in total. The smallest absolute Gasteiger partial charge is 0.364 e. The molecule has 4 heteroatoms. The number of hydrogen-bond acceptors (Lipinski definition) is 2. The van der Waals surface area contributed by atoms with E-state index < -0.39 is 11.8 Å². The van der Waals surface area contributed by atoms with Gasteiger partial charge in [-0.05, 0) is 24.5 Å². The highest BCUT2D eigenvalue weighted by Crippen LogP contribution is 2.47. The van der Waals surface area contributed by atoms with Crippen molar-refractivity contribution in [3.8, 4) is 0 Å². The molecule has 0 bridgehead atoms. The van der Waals surface area contributed by atoms with Crippen molar-refractivity contribution in [2.75, 3.05) is 0 Å². The predicted molar refractivity (Wildman–Crippen MR) is 52.0 cm³/mol. The maximum atomic E-state index is 12.7. The number of furan rings is 1. The first-order chi connectivity index (χ1) is 7.08. The number of carbonyl (C=O) groups is 1. The molecule has 0 aliphatic heterocycles. The second-order valence-electron chi connectivity index (χ2n) is 3.86. The van der Waals surface area contributed by atoms with E-state index >= 15 is 0 Å².